The summed E-state index contributed by atoms with van der Waals surface area (Å²) in [4.78, 5) is 26.6. The zero-order valence-corrected chi connectivity index (χ0v) is 10.2. The second-order valence-corrected chi connectivity index (χ2v) is 4.96. The van der Waals surface area contributed by atoms with Crippen LogP contribution >= 0.6 is 0 Å². The number of hydrogen-bond acceptors (Lipinski definition) is 4. The molecule has 17 heavy (non-hydrogen) atoms. The maximum absolute atomic E-state index is 11.4. The summed E-state index contributed by atoms with van der Waals surface area (Å²) in [7, 11) is 0. The van der Waals surface area contributed by atoms with Crippen LogP contribution in [0.4, 0.5) is 0 Å². The van der Waals surface area contributed by atoms with Gasteiger partial charge in [-0.3, -0.25) is 14.5 Å². The van der Waals surface area contributed by atoms with E-state index in [9.17, 15) is 9.59 Å². The maximum Gasteiger partial charge on any atom is 0.229 e. The third kappa shape index (κ3) is 3.04. The van der Waals surface area contributed by atoms with Crippen molar-refractivity contribution in [1.82, 2.24) is 9.80 Å². The van der Waals surface area contributed by atoms with Crippen LogP contribution in [0.5, 0.6) is 0 Å². The molecule has 0 aliphatic carbocycles. The van der Waals surface area contributed by atoms with Crippen molar-refractivity contribution >= 4 is 11.8 Å². The minimum absolute atomic E-state index is 0.00755. The van der Waals surface area contributed by atoms with Crippen LogP contribution in [0, 0.1) is 5.92 Å². The first kappa shape index (κ1) is 12.5. The van der Waals surface area contributed by atoms with Crippen LogP contribution in [0.25, 0.3) is 0 Å². The number of amides is 2. The van der Waals surface area contributed by atoms with Gasteiger partial charge < -0.3 is 10.6 Å². The molecule has 0 aromatic rings. The lowest BCUT2D eigenvalue weighted by atomic mass is 9.97. The molecule has 96 valence electrons. The molecule has 0 aromatic carbocycles. The molecule has 5 nitrogen and oxygen atoms in total. The van der Waals surface area contributed by atoms with E-state index in [1.54, 1.807) is 0 Å². The quantitative estimate of drug-likeness (QED) is 0.690. The third-order valence-corrected chi connectivity index (χ3v) is 3.84. The Hall–Kier alpha value is -0.940. The Labute approximate surface area is 102 Å². The Kier molecular flexibility index (Phi) is 4.12. The monoisotopic (exact) mass is 239 g/mol. The molecule has 2 rings (SSSR count). The third-order valence-electron chi connectivity index (χ3n) is 3.84. The van der Waals surface area contributed by atoms with Crippen LogP contribution in [0.2, 0.25) is 0 Å². The first-order valence-corrected chi connectivity index (χ1v) is 6.46. The smallest absolute Gasteiger partial charge is 0.229 e. The lowest BCUT2D eigenvalue weighted by molar-refractivity contribution is -0.138. The fraction of sp³-hybridized carbons (Fsp3) is 0.833. The van der Waals surface area contributed by atoms with Crippen LogP contribution in [-0.4, -0.2) is 54.3 Å². The SMILES string of the molecule is NCC1CCN(CCN2C(=O)CCC2=O)CC1. The van der Waals surface area contributed by atoms with Gasteiger partial charge >= 0.3 is 0 Å². The summed E-state index contributed by atoms with van der Waals surface area (Å²) in [6.45, 7) is 4.23. The largest absolute Gasteiger partial charge is 0.330 e. The van der Waals surface area contributed by atoms with E-state index in [0.29, 0.717) is 25.3 Å². The van der Waals surface area contributed by atoms with E-state index >= 15 is 0 Å². The topological polar surface area (TPSA) is 66.6 Å². The van der Waals surface area contributed by atoms with E-state index in [1.807, 2.05) is 0 Å². The minimum Gasteiger partial charge on any atom is -0.330 e. The number of nitrogens with zero attached hydrogens (tertiary/aromatic N) is 2. The van der Waals surface area contributed by atoms with E-state index in [4.69, 9.17) is 5.73 Å². The number of likely N-dealkylation sites (tertiary alicyclic amines) is 2. The predicted octanol–water partition coefficient (Wildman–Crippen LogP) is -0.194. The fourth-order valence-corrected chi connectivity index (χ4v) is 2.56. The number of piperidine rings is 1. The molecule has 2 N–H and O–H groups in total. The molecule has 2 amide bonds. The average Bonchev–Trinajstić information content (AvgIpc) is 2.67. The van der Waals surface area contributed by atoms with Crippen molar-refractivity contribution in [2.45, 2.75) is 25.7 Å². The predicted molar refractivity (Wildman–Crippen MR) is 64.2 cm³/mol. The van der Waals surface area contributed by atoms with Crippen molar-refractivity contribution in [2.24, 2.45) is 11.7 Å². The minimum atomic E-state index is -0.00755. The van der Waals surface area contributed by atoms with E-state index in [-0.39, 0.29) is 11.8 Å². The summed E-state index contributed by atoms with van der Waals surface area (Å²) < 4.78 is 0. The number of imide groups is 1. The highest BCUT2D eigenvalue weighted by molar-refractivity contribution is 6.01. The summed E-state index contributed by atoms with van der Waals surface area (Å²) in [6.07, 6.45) is 3.07. The van der Waals surface area contributed by atoms with E-state index in [1.165, 1.54) is 4.90 Å². The van der Waals surface area contributed by atoms with E-state index in [0.717, 1.165) is 39.0 Å². The molecule has 2 heterocycles. The molecule has 2 aliphatic heterocycles. The van der Waals surface area contributed by atoms with Gasteiger partial charge in [0.2, 0.25) is 11.8 Å². The van der Waals surface area contributed by atoms with Gasteiger partial charge in [-0.2, -0.15) is 0 Å². The van der Waals surface area contributed by atoms with E-state index < -0.39 is 0 Å². The molecule has 0 aromatic heterocycles. The van der Waals surface area contributed by atoms with Gasteiger partial charge in [0, 0.05) is 25.9 Å². The first-order chi connectivity index (χ1) is 8.20. The standard InChI is InChI=1S/C12H21N3O2/c13-9-10-3-5-14(6-4-10)7-8-15-11(16)1-2-12(15)17/h10H,1-9,13H2. The lowest BCUT2D eigenvalue weighted by Crippen LogP contribution is -2.42. The second-order valence-electron chi connectivity index (χ2n) is 4.96. The summed E-state index contributed by atoms with van der Waals surface area (Å²) in [5.74, 6) is 0.639. The molecule has 0 unspecified atom stereocenters. The van der Waals surface area contributed by atoms with Gasteiger partial charge in [-0.05, 0) is 38.4 Å². The first-order valence-electron chi connectivity index (χ1n) is 6.46. The zero-order chi connectivity index (χ0) is 12.3. The number of carbonyl (C=O) groups is 2. The lowest BCUT2D eigenvalue weighted by Gasteiger charge is -2.32. The molecule has 2 saturated heterocycles. The van der Waals surface area contributed by atoms with Crippen LogP contribution in [0.1, 0.15) is 25.7 Å². The fourth-order valence-electron chi connectivity index (χ4n) is 2.56. The van der Waals surface area contributed by atoms with Gasteiger partial charge in [0.05, 0.1) is 0 Å². The molecule has 5 heteroatoms. The molecule has 0 spiro atoms. The van der Waals surface area contributed by atoms with E-state index in [2.05, 4.69) is 4.90 Å². The highest BCUT2D eigenvalue weighted by Crippen LogP contribution is 2.16. The number of nitrogens with two attached hydrogens (primary N) is 1. The van der Waals surface area contributed by atoms with Gasteiger partial charge in [0.25, 0.3) is 0 Å². The molecule has 2 aliphatic rings. The molecular formula is C12H21N3O2. The number of rotatable bonds is 4. The number of hydrogen-bond donors (Lipinski definition) is 1. The van der Waals surface area contributed by atoms with Gasteiger partial charge in [-0.25, -0.2) is 0 Å². The van der Waals surface area contributed by atoms with Gasteiger partial charge in [0.1, 0.15) is 0 Å². The molecule has 0 atom stereocenters. The average molecular weight is 239 g/mol. The van der Waals surface area contributed by atoms with Crippen LogP contribution < -0.4 is 5.73 Å². The van der Waals surface area contributed by atoms with Crippen LogP contribution in [0.15, 0.2) is 0 Å². The van der Waals surface area contributed by atoms with Crippen molar-refractivity contribution in [1.29, 1.82) is 0 Å². The Balaban J connectivity index is 1.72. The summed E-state index contributed by atoms with van der Waals surface area (Å²) in [5.41, 5.74) is 5.64. The van der Waals surface area contributed by atoms with Crippen molar-refractivity contribution in [3.8, 4) is 0 Å². The Morgan fingerprint density at radius 2 is 1.65 bits per heavy atom. The van der Waals surface area contributed by atoms with Crippen LogP contribution in [-0.2, 0) is 9.59 Å². The molecule has 0 saturated carbocycles. The van der Waals surface area contributed by atoms with Crippen molar-refractivity contribution in [2.75, 3.05) is 32.7 Å². The van der Waals surface area contributed by atoms with Crippen LogP contribution in [0.3, 0.4) is 0 Å². The summed E-state index contributed by atoms with van der Waals surface area (Å²) >= 11 is 0. The molecule has 0 radical (unpaired) electrons. The van der Waals surface area contributed by atoms with Gasteiger partial charge in [-0.1, -0.05) is 0 Å². The maximum atomic E-state index is 11.4. The highest BCUT2D eigenvalue weighted by Gasteiger charge is 2.29. The zero-order valence-electron chi connectivity index (χ0n) is 10.2. The van der Waals surface area contributed by atoms with Gasteiger partial charge in [-0.15, -0.1) is 0 Å². The Morgan fingerprint density at radius 1 is 1.06 bits per heavy atom. The summed E-state index contributed by atoms with van der Waals surface area (Å²) in [5, 5.41) is 0. The Bertz CT molecular complexity index is 282. The number of carbonyl (C=O) groups excluding carboxylic acids is 2. The van der Waals surface area contributed by atoms with Crippen molar-refractivity contribution in [3.05, 3.63) is 0 Å². The van der Waals surface area contributed by atoms with Crippen molar-refractivity contribution < 1.29 is 9.59 Å². The van der Waals surface area contributed by atoms with Gasteiger partial charge in [0.15, 0.2) is 0 Å². The normalized spacial score (nSPS) is 23.7. The highest BCUT2D eigenvalue weighted by atomic mass is 16.2. The molecular weight excluding hydrogens is 218 g/mol. The molecule has 0 bridgehead atoms. The Morgan fingerprint density at radius 3 is 2.18 bits per heavy atom. The molecule has 2 fully saturated rings. The second kappa shape index (κ2) is 5.60. The van der Waals surface area contributed by atoms with Crippen molar-refractivity contribution in [3.63, 3.8) is 0 Å². The summed E-state index contributed by atoms with van der Waals surface area (Å²) in [6, 6.07) is 0.